The van der Waals surface area contributed by atoms with Crippen LogP contribution in [0, 0.1) is 24.0 Å². The van der Waals surface area contributed by atoms with Crippen LogP contribution in [-0.4, -0.2) is 34.5 Å². The number of nitro groups is 1. The normalized spacial score (nSPS) is 11.4. The summed E-state index contributed by atoms with van der Waals surface area (Å²) in [5.41, 5.74) is 4.65. The molecule has 0 aliphatic rings. The van der Waals surface area contributed by atoms with Crippen molar-refractivity contribution in [2.75, 3.05) is 13.7 Å². The van der Waals surface area contributed by atoms with Crippen LogP contribution in [0.4, 0.5) is 5.69 Å². The van der Waals surface area contributed by atoms with E-state index in [0.29, 0.717) is 28.9 Å². The van der Waals surface area contributed by atoms with E-state index < -0.39 is 4.92 Å². The second-order valence-electron chi connectivity index (χ2n) is 11.2. The van der Waals surface area contributed by atoms with Crippen molar-refractivity contribution in [1.29, 1.82) is 0 Å². The maximum atomic E-state index is 13.9. The fourth-order valence-electron chi connectivity index (χ4n) is 5.27. The van der Waals surface area contributed by atoms with Gasteiger partial charge in [-0.1, -0.05) is 55.8 Å². The van der Waals surface area contributed by atoms with Crippen LogP contribution in [0.1, 0.15) is 54.5 Å². The molecular weight excluding hydrogens is 584 g/mol. The number of para-hydroxylation sites is 1. The quantitative estimate of drug-likeness (QED) is 0.0848. The summed E-state index contributed by atoms with van der Waals surface area (Å²) >= 11 is 0. The van der Waals surface area contributed by atoms with Gasteiger partial charge in [-0.25, -0.2) is 4.98 Å². The number of hydrogen-bond donors (Lipinski definition) is 0. The molecule has 0 spiro atoms. The molecule has 46 heavy (non-hydrogen) atoms. The number of hydrogen-bond acceptors (Lipinski definition) is 8. The van der Waals surface area contributed by atoms with Crippen LogP contribution in [0.5, 0.6) is 17.2 Å². The molecule has 1 heterocycles. The molecule has 0 saturated heterocycles. The Balaban J connectivity index is 1.63. The Labute approximate surface area is 267 Å². The molecule has 0 saturated carbocycles. The van der Waals surface area contributed by atoms with Crippen molar-refractivity contribution in [3.63, 3.8) is 0 Å². The summed E-state index contributed by atoms with van der Waals surface area (Å²) in [6.07, 6.45) is 1.38. The number of nitrogens with zero attached hydrogens (tertiary/aromatic N) is 4. The Morgan fingerprint density at radius 2 is 1.78 bits per heavy atom. The third-order valence-electron chi connectivity index (χ3n) is 7.54. The number of ether oxygens (including phenoxy) is 3. The molecule has 0 atom stereocenters. The molecule has 0 unspecified atom stereocenters. The number of benzene rings is 4. The summed E-state index contributed by atoms with van der Waals surface area (Å²) in [6.45, 7) is 10.6. The Morgan fingerprint density at radius 1 is 1.00 bits per heavy atom. The van der Waals surface area contributed by atoms with Gasteiger partial charge in [-0.15, -0.1) is 0 Å². The molecule has 4 aromatic carbocycles. The standard InChI is InChI=1S/C36H36N4O6/c1-7-45-32-16-24(5)29(19-28(32)22(2)3)35-38-30-14-9-8-13-27(30)36(41)39(35)37-20-26-17-31(40(42)43)34(33(18-26)44-6)46-21-25-12-10-11-23(4)15-25/h8-20,22H,7,21H2,1-6H3. The minimum Gasteiger partial charge on any atom is -0.494 e. The van der Waals surface area contributed by atoms with Gasteiger partial charge in [0.15, 0.2) is 11.6 Å². The van der Waals surface area contributed by atoms with Crippen molar-refractivity contribution in [3.8, 4) is 28.6 Å². The van der Waals surface area contributed by atoms with E-state index in [1.54, 1.807) is 24.3 Å². The number of aromatic nitrogens is 2. The molecule has 5 rings (SSSR count). The Morgan fingerprint density at radius 3 is 2.48 bits per heavy atom. The van der Waals surface area contributed by atoms with Crippen LogP contribution >= 0.6 is 0 Å². The highest BCUT2D eigenvalue weighted by Gasteiger charge is 2.23. The highest BCUT2D eigenvalue weighted by molar-refractivity contribution is 5.84. The molecule has 0 aliphatic carbocycles. The number of aryl methyl sites for hydroxylation is 2. The first-order valence-electron chi connectivity index (χ1n) is 15.0. The minimum absolute atomic E-state index is 0.00242. The van der Waals surface area contributed by atoms with Crippen LogP contribution in [0.15, 0.2) is 82.7 Å². The number of nitro benzene ring substituents is 1. The fourth-order valence-corrected chi connectivity index (χ4v) is 5.27. The molecule has 10 heteroatoms. The molecule has 5 aromatic rings. The lowest BCUT2D eigenvalue weighted by Gasteiger charge is -2.18. The molecule has 236 valence electrons. The summed E-state index contributed by atoms with van der Waals surface area (Å²) in [7, 11) is 1.41. The first-order chi connectivity index (χ1) is 22.1. The maximum Gasteiger partial charge on any atom is 0.315 e. The molecule has 0 amide bonds. The van der Waals surface area contributed by atoms with Crippen LogP contribution in [-0.2, 0) is 6.61 Å². The maximum absolute atomic E-state index is 13.9. The predicted molar refractivity (Wildman–Crippen MR) is 180 cm³/mol. The van der Waals surface area contributed by atoms with Gasteiger partial charge in [0.1, 0.15) is 12.4 Å². The predicted octanol–water partition coefficient (Wildman–Crippen LogP) is 7.58. The van der Waals surface area contributed by atoms with Gasteiger partial charge in [-0.05, 0) is 73.7 Å². The molecule has 0 fully saturated rings. The summed E-state index contributed by atoms with van der Waals surface area (Å²) in [6, 6.07) is 21.6. The van der Waals surface area contributed by atoms with E-state index in [9.17, 15) is 14.9 Å². The van der Waals surface area contributed by atoms with Crippen LogP contribution in [0.2, 0.25) is 0 Å². The number of fused-ring (bicyclic) bond motifs is 1. The molecule has 0 aliphatic heterocycles. The summed E-state index contributed by atoms with van der Waals surface area (Å²) in [5, 5.41) is 17.1. The zero-order chi connectivity index (χ0) is 33.0. The SMILES string of the molecule is CCOc1cc(C)c(-c2nc3ccccc3c(=O)n2N=Cc2cc(OC)c(OCc3cccc(C)c3)c([N+](=O)[O-])c2)cc1C(C)C. The highest BCUT2D eigenvalue weighted by atomic mass is 16.6. The lowest BCUT2D eigenvalue weighted by molar-refractivity contribution is -0.386. The van der Waals surface area contributed by atoms with Crippen molar-refractivity contribution >= 4 is 22.8 Å². The third kappa shape index (κ3) is 6.61. The van der Waals surface area contributed by atoms with E-state index in [1.807, 2.05) is 63.2 Å². The zero-order valence-corrected chi connectivity index (χ0v) is 26.7. The highest BCUT2D eigenvalue weighted by Crippen LogP contribution is 2.39. The molecular formula is C36H36N4O6. The smallest absolute Gasteiger partial charge is 0.315 e. The second kappa shape index (κ2) is 13.6. The van der Waals surface area contributed by atoms with Gasteiger partial charge < -0.3 is 14.2 Å². The Bertz CT molecular complexity index is 2020. The fraction of sp³-hybridized carbons (Fsp3) is 0.250. The molecule has 10 nitrogen and oxygen atoms in total. The van der Waals surface area contributed by atoms with E-state index in [2.05, 4.69) is 18.9 Å². The van der Waals surface area contributed by atoms with Gasteiger partial charge in [0.25, 0.3) is 5.56 Å². The van der Waals surface area contributed by atoms with Crippen molar-refractivity contribution in [1.82, 2.24) is 9.66 Å². The summed E-state index contributed by atoms with van der Waals surface area (Å²) in [5.74, 6) is 1.42. The lowest BCUT2D eigenvalue weighted by Crippen LogP contribution is -2.21. The second-order valence-corrected chi connectivity index (χ2v) is 11.2. The number of rotatable bonds is 11. The summed E-state index contributed by atoms with van der Waals surface area (Å²) in [4.78, 5) is 30.4. The van der Waals surface area contributed by atoms with Gasteiger partial charge in [-0.2, -0.15) is 9.78 Å². The average molecular weight is 621 g/mol. The average Bonchev–Trinajstić information content (AvgIpc) is 3.03. The molecule has 1 aromatic heterocycles. The third-order valence-corrected chi connectivity index (χ3v) is 7.54. The van der Waals surface area contributed by atoms with Crippen LogP contribution in [0.25, 0.3) is 22.3 Å². The topological polar surface area (TPSA) is 118 Å². The first-order valence-corrected chi connectivity index (χ1v) is 15.0. The van der Waals surface area contributed by atoms with Crippen molar-refractivity contribution in [2.45, 2.75) is 47.1 Å². The van der Waals surface area contributed by atoms with Crippen molar-refractivity contribution in [2.24, 2.45) is 5.10 Å². The van der Waals surface area contributed by atoms with Gasteiger partial charge in [0, 0.05) is 17.2 Å². The lowest BCUT2D eigenvalue weighted by atomic mass is 9.96. The van der Waals surface area contributed by atoms with E-state index in [0.717, 1.165) is 33.6 Å². The Kier molecular flexibility index (Phi) is 9.46. The van der Waals surface area contributed by atoms with Crippen molar-refractivity contribution in [3.05, 3.63) is 121 Å². The van der Waals surface area contributed by atoms with Crippen molar-refractivity contribution < 1.29 is 19.1 Å². The zero-order valence-electron chi connectivity index (χ0n) is 26.7. The van der Waals surface area contributed by atoms with E-state index in [-0.39, 0.29) is 35.3 Å². The monoisotopic (exact) mass is 620 g/mol. The largest absolute Gasteiger partial charge is 0.494 e. The van der Waals surface area contributed by atoms with Gasteiger partial charge in [0.05, 0.1) is 35.8 Å². The van der Waals surface area contributed by atoms with Gasteiger partial charge >= 0.3 is 5.69 Å². The molecule has 0 bridgehead atoms. The van der Waals surface area contributed by atoms with E-state index in [4.69, 9.17) is 19.2 Å². The first kappa shape index (κ1) is 31.9. The van der Waals surface area contributed by atoms with Gasteiger partial charge in [-0.3, -0.25) is 14.9 Å². The van der Waals surface area contributed by atoms with Crippen LogP contribution < -0.4 is 19.8 Å². The molecule has 0 radical (unpaired) electrons. The van der Waals surface area contributed by atoms with E-state index >= 15 is 0 Å². The van der Waals surface area contributed by atoms with E-state index in [1.165, 1.54) is 24.1 Å². The molecule has 0 N–H and O–H groups in total. The Hall–Kier alpha value is -5.51. The van der Waals surface area contributed by atoms with Crippen LogP contribution in [0.3, 0.4) is 0 Å². The minimum atomic E-state index is -0.530. The summed E-state index contributed by atoms with van der Waals surface area (Å²) < 4.78 is 18.6. The number of methoxy groups -OCH3 is 1. The van der Waals surface area contributed by atoms with Gasteiger partial charge in [0.2, 0.25) is 5.75 Å².